The van der Waals surface area contributed by atoms with Crippen LogP contribution in [0.3, 0.4) is 0 Å². The van der Waals surface area contributed by atoms with Gasteiger partial charge < -0.3 is 9.47 Å². The summed E-state index contributed by atoms with van der Waals surface area (Å²) in [5, 5.41) is 0. The van der Waals surface area contributed by atoms with Gasteiger partial charge in [0.1, 0.15) is 0 Å². The molecule has 0 spiro atoms. The molecule has 0 unspecified atom stereocenters. The third-order valence-electron chi connectivity index (χ3n) is 2.62. The van der Waals surface area contributed by atoms with Crippen LogP contribution in [0.15, 0.2) is 0 Å². The van der Waals surface area contributed by atoms with Crippen molar-refractivity contribution in [3.8, 4) is 0 Å². The van der Waals surface area contributed by atoms with Crippen molar-refractivity contribution in [2.75, 3.05) is 13.2 Å². The van der Waals surface area contributed by atoms with Gasteiger partial charge in [-0.1, -0.05) is 54.4 Å². The van der Waals surface area contributed by atoms with Gasteiger partial charge in [-0.2, -0.15) is 0 Å². The SMILES string of the molecule is CCCC(CCC)(OCC(C)C)OCC(C)C. The molecule has 0 N–H and O–H groups in total. The van der Waals surface area contributed by atoms with E-state index in [2.05, 4.69) is 41.5 Å². The molecule has 104 valence electrons. The second-order valence-electron chi connectivity index (χ2n) is 5.82. The van der Waals surface area contributed by atoms with E-state index in [1.54, 1.807) is 0 Å². The smallest absolute Gasteiger partial charge is 0.168 e. The summed E-state index contributed by atoms with van der Waals surface area (Å²) in [6.07, 6.45) is 4.22. The van der Waals surface area contributed by atoms with E-state index in [1.165, 1.54) is 0 Å². The molecule has 0 aliphatic carbocycles. The van der Waals surface area contributed by atoms with Crippen LogP contribution in [0.25, 0.3) is 0 Å². The highest BCUT2D eigenvalue weighted by atomic mass is 16.7. The molecule has 0 aliphatic heterocycles. The lowest BCUT2D eigenvalue weighted by Crippen LogP contribution is -2.38. The average Bonchev–Trinajstić information content (AvgIpc) is 2.24. The Morgan fingerprint density at radius 2 is 1.12 bits per heavy atom. The van der Waals surface area contributed by atoms with Crippen LogP contribution in [0.4, 0.5) is 0 Å². The van der Waals surface area contributed by atoms with Crippen molar-refractivity contribution in [2.45, 2.75) is 73.0 Å². The molecule has 17 heavy (non-hydrogen) atoms. The maximum Gasteiger partial charge on any atom is 0.168 e. The van der Waals surface area contributed by atoms with Crippen molar-refractivity contribution in [1.82, 2.24) is 0 Å². The van der Waals surface area contributed by atoms with Crippen LogP contribution in [0, 0.1) is 11.8 Å². The Balaban J connectivity index is 4.47. The third-order valence-corrected chi connectivity index (χ3v) is 2.62. The maximum absolute atomic E-state index is 6.10. The van der Waals surface area contributed by atoms with E-state index in [0.29, 0.717) is 11.8 Å². The van der Waals surface area contributed by atoms with Gasteiger partial charge in [-0.05, 0) is 11.8 Å². The van der Waals surface area contributed by atoms with Crippen LogP contribution in [0.5, 0.6) is 0 Å². The second-order valence-corrected chi connectivity index (χ2v) is 5.82. The van der Waals surface area contributed by atoms with Gasteiger partial charge in [0.15, 0.2) is 5.79 Å². The Hall–Kier alpha value is -0.0800. The predicted molar refractivity (Wildman–Crippen MR) is 74.1 cm³/mol. The van der Waals surface area contributed by atoms with E-state index in [0.717, 1.165) is 38.9 Å². The zero-order chi connectivity index (χ0) is 13.3. The molecule has 0 fully saturated rings. The summed E-state index contributed by atoms with van der Waals surface area (Å²) >= 11 is 0. The minimum absolute atomic E-state index is 0.335. The van der Waals surface area contributed by atoms with Gasteiger partial charge in [0, 0.05) is 12.8 Å². The molecule has 2 heteroatoms. The fourth-order valence-corrected chi connectivity index (χ4v) is 1.85. The molecule has 0 bridgehead atoms. The van der Waals surface area contributed by atoms with Crippen molar-refractivity contribution in [2.24, 2.45) is 11.8 Å². The van der Waals surface area contributed by atoms with Crippen molar-refractivity contribution in [1.29, 1.82) is 0 Å². The topological polar surface area (TPSA) is 18.5 Å². The Bertz CT molecular complexity index is 156. The maximum atomic E-state index is 6.10. The molecule has 0 aromatic carbocycles. The molecule has 0 aromatic heterocycles. The number of ether oxygens (including phenoxy) is 2. The highest BCUT2D eigenvalue weighted by Crippen LogP contribution is 2.27. The average molecular weight is 244 g/mol. The van der Waals surface area contributed by atoms with Crippen molar-refractivity contribution < 1.29 is 9.47 Å². The molecule has 0 saturated heterocycles. The zero-order valence-corrected chi connectivity index (χ0v) is 12.7. The van der Waals surface area contributed by atoms with Crippen molar-refractivity contribution >= 4 is 0 Å². The van der Waals surface area contributed by atoms with Gasteiger partial charge in [0.25, 0.3) is 0 Å². The molecule has 0 atom stereocenters. The largest absolute Gasteiger partial charge is 0.350 e. The molecule has 0 aliphatic rings. The highest BCUT2D eigenvalue weighted by Gasteiger charge is 2.30. The third kappa shape index (κ3) is 7.77. The van der Waals surface area contributed by atoms with Gasteiger partial charge in [-0.3, -0.25) is 0 Å². The Morgan fingerprint density at radius 3 is 1.35 bits per heavy atom. The highest BCUT2D eigenvalue weighted by molar-refractivity contribution is 4.70. The quantitative estimate of drug-likeness (QED) is 0.522. The summed E-state index contributed by atoms with van der Waals surface area (Å²) < 4.78 is 12.2. The molecule has 0 radical (unpaired) electrons. The van der Waals surface area contributed by atoms with Gasteiger partial charge in [-0.15, -0.1) is 0 Å². The second kappa shape index (κ2) is 8.93. The summed E-state index contributed by atoms with van der Waals surface area (Å²) in [6, 6.07) is 0. The molecule has 0 heterocycles. The van der Waals surface area contributed by atoms with Crippen molar-refractivity contribution in [3.05, 3.63) is 0 Å². The van der Waals surface area contributed by atoms with Crippen LogP contribution >= 0.6 is 0 Å². The number of rotatable bonds is 10. The van der Waals surface area contributed by atoms with E-state index in [9.17, 15) is 0 Å². The molecular formula is C15H32O2. The summed E-state index contributed by atoms with van der Waals surface area (Å²) in [5.41, 5.74) is 0. The molecule has 2 nitrogen and oxygen atoms in total. The standard InChI is InChI=1S/C15H32O2/c1-7-9-15(10-8-2,16-11-13(3)4)17-12-14(5)6/h13-14H,7-12H2,1-6H3. The molecule has 0 rings (SSSR count). The van der Waals surface area contributed by atoms with Gasteiger partial charge in [-0.25, -0.2) is 0 Å². The van der Waals surface area contributed by atoms with Gasteiger partial charge in [0.2, 0.25) is 0 Å². The van der Waals surface area contributed by atoms with Crippen LogP contribution in [0.1, 0.15) is 67.2 Å². The Kier molecular flexibility index (Phi) is 8.89. The molecule has 0 aromatic rings. The Labute approximate surface area is 108 Å². The van der Waals surface area contributed by atoms with Crippen LogP contribution in [-0.2, 0) is 9.47 Å². The lowest BCUT2D eigenvalue weighted by atomic mass is 10.0. The molecule has 0 amide bonds. The van der Waals surface area contributed by atoms with E-state index < -0.39 is 0 Å². The predicted octanol–water partition coefficient (Wildman–Crippen LogP) is 4.63. The van der Waals surface area contributed by atoms with E-state index >= 15 is 0 Å². The summed E-state index contributed by atoms with van der Waals surface area (Å²) in [6.45, 7) is 14.7. The van der Waals surface area contributed by atoms with Crippen LogP contribution in [-0.4, -0.2) is 19.0 Å². The lowest BCUT2D eigenvalue weighted by molar-refractivity contribution is -0.253. The molecular weight excluding hydrogens is 212 g/mol. The fourth-order valence-electron chi connectivity index (χ4n) is 1.85. The molecule has 0 saturated carbocycles. The van der Waals surface area contributed by atoms with Crippen molar-refractivity contribution in [3.63, 3.8) is 0 Å². The van der Waals surface area contributed by atoms with E-state index in [1.807, 2.05) is 0 Å². The first-order valence-electron chi connectivity index (χ1n) is 7.23. The lowest BCUT2D eigenvalue weighted by Gasteiger charge is -2.35. The fraction of sp³-hybridized carbons (Fsp3) is 1.00. The van der Waals surface area contributed by atoms with Gasteiger partial charge in [0.05, 0.1) is 13.2 Å². The minimum Gasteiger partial charge on any atom is -0.350 e. The number of hydrogen-bond donors (Lipinski definition) is 0. The summed E-state index contributed by atoms with van der Waals surface area (Å²) in [5.74, 6) is 0.786. The summed E-state index contributed by atoms with van der Waals surface area (Å²) in [4.78, 5) is 0. The normalized spacial score (nSPS) is 12.7. The zero-order valence-electron chi connectivity index (χ0n) is 12.7. The van der Waals surface area contributed by atoms with Crippen LogP contribution < -0.4 is 0 Å². The van der Waals surface area contributed by atoms with E-state index in [-0.39, 0.29) is 5.79 Å². The first kappa shape index (κ1) is 16.9. The van der Waals surface area contributed by atoms with Gasteiger partial charge >= 0.3 is 0 Å². The first-order valence-corrected chi connectivity index (χ1v) is 7.23. The Morgan fingerprint density at radius 1 is 0.765 bits per heavy atom. The summed E-state index contributed by atoms with van der Waals surface area (Å²) in [7, 11) is 0. The monoisotopic (exact) mass is 244 g/mol. The van der Waals surface area contributed by atoms with E-state index in [4.69, 9.17) is 9.47 Å². The minimum atomic E-state index is -0.335. The van der Waals surface area contributed by atoms with Crippen LogP contribution in [0.2, 0.25) is 0 Å². The number of hydrogen-bond acceptors (Lipinski definition) is 2. The first-order chi connectivity index (χ1) is 7.95.